The van der Waals surface area contributed by atoms with E-state index in [0.29, 0.717) is 5.75 Å². The smallest absolute Gasteiger partial charge is 0.325 e. The zero-order valence-corrected chi connectivity index (χ0v) is 12.7. The molecular formula is C15H19N3O5. The number of nitrogens with one attached hydrogen (secondary N) is 2. The molecule has 1 fully saturated rings. The van der Waals surface area contributed by atoms with Crippen molar-refractivity contribution in [1.82, 2.24) is 15.5 Å². The first kappa shape index (κ1) is 16.8. The van der Waals surface area contributed by atoms with E-state index in [4.69, 9.17) is 9.84 Å². The van der Waals surface area contributed by atoms with Crippen LogP contribution in [-0.2, 0) is 16.1 Å². The normalized spacial score (nSPS) is 17.1. The van der Waals surface area contributed by atoms with Crippen LogP contribution in [0.2, 0.25) is 0 Å². The van der Waals surface area contributed by atoms with Crippen LogP contribution in [-0.4, -0.2) is 54.2 Å². The summed E-state index contributed by atoms with van der Waals surface area (Å²) in [5, 5.41) is 13.6. The third-order valence-corrected chi connectivity index (χ3v) is 3.43. The molecule has 0 aromatic heterocycles. The second kappa shape index (κ2) is 7.59. The van der Waals surface area contributed by atoms with E-state index in [-0.39, 0.29) is 26.1 Å². The summed E-state index contributed by atoms with van der Waals surface area (Å²) in [6.45, 7) is 0.0625. The second-order valence-electron chi connectivity index (χ2n) is 5.05. The largest absolute Gasteiger partial charge is 0.497 e. The molecule has 1 aromatic rings. The molecule has 1 atom stereocenters. The number of hydrogen-bond acceptors (Lipinski definition) is 5. The van der Waals surface area contributed by atoms with Gasteiger partial charge >= 0.3 is 6.03 Å². The van der Waals surface area contributed by atoms with Gasteiger partial charge in [-0.15, -0.1) is 0 Å². The van der Waals surface area contributed by atoms with E-state index in [1.165, 1.54) is 0 Å². The van der Waals surface area contributed by atoms with Crippen LogP contribution < -0.4 is 15.4 Å². The summed E-state index contributed by atoms with van der Waals surface area (Å²) in [5.41, 5.74) is 0.777. The summed E-state index contributed by atoms with van der Waals surface area (Å²) in [5.74, 6) is -0.154. The highest BCUT2D eigenvalue weighted by Gasteiger charge is 2.38. The number of hydrogen-bond donors (Lipinski definition) is 3. The molecule has 8 nitrogen and oxygen atoms in total. The SMILES string of the molecule is COc1ccc(CN2C(=O)N[C@@H](CC(=O)NCCO)C2=O)cc1. The predicted molar refractivity (Wildman–Crippen MR) is 80.6 cm³/mol. The van der Waals surface area contributed by atoms with Crippen molar-refractivity contribution in [3.05, 3.63) is 29.8 Å². The van der Waals surface area contributed by atoms with Crippen molar-refractivity contribution < 1.29 is 24.2 Å². The van der Waals surface area contributed by atoms with Crippen molar-refractivity contribution in [3.8, 4) is 5.75 Å². The molecule has 23 heavy (non-hydrogen) atoms. The number of methoxy groups -OCH3 is 1. The number of urea groups is 1. The van der Waals surface area contributed by atoms with Crippen LogP contribution in [0.15, 0.2) is 24.3 Å². The Morgan fingerprint density at radius 1 is 1.35 bits per heavy atom. The number of aliphatic hydroxyl groups is 1. The molecule has 0 radical (unpaired) electrons. The summed E-state index contributed by atoms with van der Waals surface area (Å²) in [7, 11) is 1.55. The van der Waals surface area contributed by atoms with Crippen molar-refractivity contribution in [2.24, 2.45) is 0 Å². The summed E-state index contributed by atoms with van der Waals surface area (Å²) in [6, 6.07) is 5.62. The lowest BCUT2D eigenvalue weighted by Crippen LogP contribution is -2.37. The molecule has 4 amide bonds. The fraction of sp³-hybridized carbons (Fsp3) is 0.400. The molecule has 8 heteroatoms. The molecule has 0 bridgehead atoms. The van der Waals surface area contributed by atoms with Crippen LogP contribution in [0.3, 0.4) is 0 Å². The molecule has 0 spiro atoms. The van der Waals surface area contributed by atoms with E-state index in [9.17, 15) is 14.4 Å². The number of carbonyl (C=O) groups excluding carboxylic acids is 3. The third kappa shape index (κ3) is 4.19. The number of imide groups is 1. The lowest BCUT2D eigenvalue weighted by atomic mass is 10.1. The lowest BCUT2D eigenvalue weighted by molar-refractivity contribution is -0.131. The van der Waals surface area contributed by atoms with Crippen molar-refractivity contribution >= 4 is 17.8 Å². The Hall–Kier alpha value is -2.61. The Kier molecular flexibility index (Phi) is 5.53. The van der Waals surface area contributed by atoms with Gasteiger partial charge in [0, 0.05) is 6.54 Å². The molecule has 124 valence electrons. The van der Waals surface area contributed by atoms with Crippen molar-refractivity contribution in [1.29, 1.82) is 0 Å². The Morgan fingerprint density at radius 3 is 2.65 bits per heavy atom. The monoisotopic (exact) mass is 321 g/mol. The van der Waals surface area contributed by atoms with Gasteiger partial charge in [-0.1, -0.05) is 12.1 Å². The van der Waals surface area contributed by atoms with E-state index >= 15 is 0 Å². The fourth-order valence-corrected chi connectivity index (χ4v) is 2.23. The zero-order chi connectivity index (χ0) is 16.8. The minimum absolute atomic E-state index is 0.114. The molecule has 1 aromatic carbocycles. The number of aliphatic hydroxyl groups excluding tert-OH is 1. The van der Waals surface area contributed by atoms with Gasteiger partial charge in [-0.05, 0) is 17.7 Å². The maximum Gasteiger partial charge on any atom is 0.325 e. The standard InChI is InChI=1S/C15H19N3O5/c1-23-11-4-2-10(3-5-11)9-18-14(21)12(17-15(18)22)8-13(20)16-6-7-19/h2-5,12,19H,6-9H2,1H3,(H,16,20)(H,17,22)/t12-/m0/s1. The summed E-state index contributed by atoms with van der Waals surface area (Å²) < 4.78 is 5.05. The average molecular weight is 321 g/mol. The van der Waals surface area contributed by atoms with Gasteiger partial charge in [0.05, 0.1) is 26.7 Å². The van der Waals surface area contributed by atoms with Crippen LogP contribution in [0.1, 0.15) is 12.0 Å². The van der Waals surface area contributed by atoms with Crippen LogP contribution in [0.4, 0.5) is 4.79 Å². The maximum atomic E-state index is 12.2. The number of ether oxygens (including phenoxy) is 1. The highest BCUT2D eigenvalue weighted by molar-refractivity contribution is 6.05. The second-order valence-corrected chi connectivity index (χ2v) is 5.05. The summed E-state index contributed by atoms with van der Waals surface area (Å²) >= 11 is 0. The van der Waals surface area contributed by atoms with Crippen LogP contribution >= 0.6 is 0 Å². The van der Waals surface area contributed by atoms with Gasteiger partial charge in [0.1, 0.15) is 11.8 Å². The van der Waals surface area contributed by atoms with Crippen LogP contribution in [0.5, 0.6) is 5.75 Å². The molecule has 1 saturated heterocycles. The van der Waals surface area contributed by atoms with Crippen molar-refractivity contribution in [3.63, 3.8) is 0 Å². The van der Waals surface area contributed by atoms with Crippen molar-refractivity contribution in [2.45, 2.75) is 19.0 Å². The highest BCUT2D eigenvalue weighted by atomic mass is 16.5. The Labute approximate surface area is 133 Å². The third-order valence-electron chi connectivity index (χ3n) is 3.43. The summed E-state index contributed by atoms with van der Waals surface area (Å²) in [6.07, 6.45) is -0.149. The average Bonchev–Trinajstić information content (AvgIpc) is 2.81. The van der Waals surface area contributed by atoms with E-state index in [2.05, 4.69) is 10.6 Å². The molecule has 0 unspecified atom stereocenters. The van der Waals surface area contributed by atoms with E-state index < -0.39 is 23.9 Å². The molecule has 2 rings (SSSR count). The van der Waals surface area contributed by atoms with Crippen molar-refractivity contribution in [2.75, 3.05) is 20.3 Å². The Morgan fingerprint density at radius 2 is 2.04 bits per heavy atom. The van der Waals surface area contributed by atoms with Crippen LogP contribution in [0.25, 0.3) is 0 Å². The zero-order valence-electron chi connectivity index (χ0n) is 12.7. The lowest BCUT2D eigenvalue weighted by Gasteiger charge is -2.13. The number of amides is 4. The minimum atomic E-state index is -0.876. The van der Waals surface area contributed by atoms with E-state index in [1.54, 1.807) is 31.4 Å². The minimum Gasteiger partial charge on any atom is -0.497 e. The van der Waals surface area contributed by atoms with Crippen LogP contribution in [0, 0.1) is 0 Å². The first-order valence-corrected chi connectivity index (χ1v) is 7.17. The number of benzene rings is 1. The number of carbonyl (C=O) groups is 3. The molecule has 0 saturated carbocycles. The predicted octanol–water partition coefficient (Wildman–Crippen LogP) is -0.386. The first-order valence-electron chi connectivity index (χ1n) is 7.17. The molecular weight excluding hydrogens is 302 g/mol. The van der Waals surface area contributed by atoms with E-state index in [0.717, 1.165) is 10.5 Å². The first-order chi connectivity index (χ1) is 11.0. The van der Waals surface area contributed by atoms with Gasteiger partial charge in [0.15, 0.2) is 0 Å². The maximum absolute atomic E-state index is 12.2. The molecule has 3 N–H and O–H groups in total. The van der Waals surface area contributed by atoms with Gasteiger partial charge in [0.2, 0.25) is 5.91 Å². The van der Waals surface area contributed by atoms with Gasteiger partial charge in [-0.3, -0.25) is 14.5 Å². The van der Waals surface area contributed by atoms with Gasteiger partial charge in [-0.2, -0.15) is 0 Å². The topological polar surface area (TPSA) is 108 Å². The summed E-state index contributed by atoms with van der Waals surface area (Å²) in [4.78, 5) is 36.8. The molecule has 0 aliphatic carbocycles. The molecule has 1 heterocycles. The van der Waals surface area contributed by atoms with E-state index in [1.807, 2.05) is 0 Å². The Bertz CT molecular complexity index is 587. The Balaban J connectivity index is 1.96. The van der Waals surface area contributed by atoms with Gasteiger partial charge < -0.3 is 20.5 Å². The van der Waals surface area contributed by atoms with Gasteiger partial charge in [-0.25, -0.2) is 4.79 Å². The van der Waals surface area contributed by atoms with Gasteiger partial charge in [0.25, 0.3) is 5.91 Å². The molecule has 1 aliphatic rings. The highest BCUT2D eigenvalue weighted by Crippen LogP contribution is 2.16. The number of nitrogens with zero attached hydrogens (tertiary/aromatic N) is 1. The number of rotatable bonds is 7. The fourth-order valence-electron chi connectivity index (χ4n) is 2.23. The molecule has 1 aliphatic heterocycles. The quantitative estimate of drug-likeness (QED) is 0.593.